The van der Waals surface area contributed by atoms with Crippen LogP contribution in [0.2, 0.25) is 0 Å². The van der Waals surface area contributed by atoms with Crippen LogP contribution in [-0.2, 0) is 0 Å². The van der Waals surface area contributed by atoms with Gasteiger partial charge in [-0.2, -0.15) is 0 Å². The zero-order valence-electron chi connectivity index (χ0n) is 9.47. The average molecular weight is 247 g/mol. The summed E-state index contributed by atoms with van der Waals surface area (Å²) in [7, 11) is 0. The van der Waals surface area contributed by atoms with Gasteiger partial charge in [-0.05, 0) is 36.6 Å². The van der Waals surface area contributed by atoms with Gasteiger partial charge in [0, 0.05) is 5.56 Å². The third kappa shape index (κ3) is 2.47. The fourth-order valence-corrected chi connectivity index (χ4v) is 2.21. The first-order valence-electron chi connectivity index (χ1n) is 5.33. The van der Waals surface area contributed by atoms with Crippen molar-refractivity contribution in [2.75, 3.05) is 12.3 Å². The van der Waals surface area contributed by atoms with Gasteiger partial charge in [0.2, 0.25) is 5.78 Å². The number of nitrogen functional groups attached to an aromatic ring is 1. The number of anilines is 1. The number of hydrogen-bond acceptors (Lipinski definition) is 4. The lowest BCUT2D eigenvalue weighted by atomic mass is 10.1. The predicted octanol–water partition coefficient (Wildman–Crippen LogP) is 2.96. The van der Waals surface area contributed by atoms with Crippen LogP contribution in [0.4, 0.5) is 5.69 Å². The Morgan fingerprint density at radius 1 is 1.41 bits per heavy atom. The van der Waals surface area contributed by atoms with Crippen LogP contribution < -0.4 is 10.5 Å². The van der Waals surface area contributed by atoms with Gasteiger partial charge in [0.05, 0.1) is 17.2 Å². The Kier molecular flexibility index (Phi) is 3.44. The second-order valence-electron chi connectivity index (χ2n) is 3.49. The van der Waals surface area contributed by atoms with Gasteiger partial charge < -0.3 is 10.5 Å². The van der Waals surface area contributed by atoms with Crippen LogP contribution in [0.3, 0.4) is 0 Å². The molecule has 0 fully saturated rings. The molecule has 1 heterocycles. The Labute approximate surface area is 104 Å². The molecule has 0 saturated heterocycles. The molecular formula is C13H13NO2S. The van der Waals surface area contributed by atoms with Crippen LogP contribution in [0, 0.1) is 0 Å². The van der Waals surface area contributed by atoms with Crippen molar-refractivity contribution in [3.05, 3.63) is 46.2 Å². The number of hydrogen-bond donors (Lipinski definition) is 1. The monoisotopic (exact) mass is 247 g/mol. The molecule has 0 amide bonds. The maximum atomic E-state index is 12.0. The zero-order valence-corrected chi connectivity index (χ0v) is 10.3. The van der Waals surface area contributed by atoms with Crippen LogP contribution in [-0.4, -0.2) is 12.4 Å². The third-order valence-corrected chi connectivity index (χ3v) is 3.19. The van der Waals surface area contributed by atoms with Crippen molar-refractivity contribution in [3.8, 4) is 5.75 Å². The lowest BCUT2D eigenvalue weighted by Gasteiger charge is -2.07. The van der Waals surface area contributed by atoms with E-state index in [1.807, 2.05) is 18.4 Å². The molecule has 0 bridgehead atoms. The zero-order chi connectivity index (χ0) is 12.3. The van der Waals surface area contributed by atoms with E-state index in [0.717, 1.165) is 0 Å². The second-order valence-corrected chi connectivity index (χ2v) is 4.44. The number of thiophene rings is 1. The first-order chi connectivity index (χ1) is 8.22. The normalized spacial score (nSPS) is 10.2. The topological polar surface area (TPSA) is 52.3 Å². The van der Waals surface area contributed by atoms with Crippen LogP contribution >= 0.6 is 11.3 Å². The van der Waals surface area contributed by atoms with Gasteiger partial charge in [-0.25, -0.2) is 0 Å². The Morgan fingerprint density at radius 2 is 2.24 bits per heavy atom. The van der Waals surface area contributed by atoms with Gasteiger partial charge >= 0.3 is 0 Å². The summed E-state index contributed by atoms with van der Waals surface area (Å²) in [5.74, 6) is 0.616. The molecule has 1 aromatic carbocycles. The summed E-state index contributed by atoms with van der Waals surface area (Å²) < 4.78 is 5.33. The number of carbonyl (C=O) groups is 1. The molecule has 2 rings (SSSR count). The average Bonchev–Trinajstić information content (AvgIpc) is 2.84. The standard InChI is InChI=1S/C13H13NO2S/c1-2-16-11-6-5-9(8-10(11)14)13(15)12-4-3-7-17-12/h3-8H,2,14H2,1H3. The Bertz CT molecular complexity index is 520. The van der Waals surface area contributed by atoms with Crippen molar-refractivity contribution in [2.24, 2.45) is 0 Å². The van der Waals surface area contributed by atoms with E-state index in [2.05, 4.69) is 0 Å². The van der Waals surface area contributed by atoms with E-state index in [9.17, 15) is 4.79 Å². The molecular weight excluding hydrogens is 234 g/mol. The molecule has 2 N–H and O–H groups in total. The first-order valence-corrected chi connectivity index (χ1v) is 6.21. The van der Waals surface area contributed by atoms with E-state index in [-0.39, 0.29) is 5.78 Å². The maximum Gasteiger partial charge on any atom is 0.203 e. The summed E-state index contributed by atoms with van der Waals surface area (Å²) in [6, 6.07) is 8.80. The minimum Gasteiger partial charge on any atom is -0.492 e. The van der Waals surface area contributed by atoms with Gasteiger partial charge in [0.1, 0.15) is 5.75 Å². The van der Waals surface area contributed by atoms with Gasteiger partial charge in [0.15, 0.2) is 0 Å². The highest BCUT2D eigenvalue weighted by molar-refractivity contribution is 7.12. The van der Waals surface area contributed by atoms with Gasteiger partial charge in [-0.15, -0.1) is 11.3 Å². The van der Waals surface area contributed by atoms with E-state index in [0.29, 0.717) is 28.5 Å². The van der Waals surface area contributed by atoms with Crippen molar-refractivity contribution in [1.82, 2.24) is 0 Å². The summed E-state index contributed by atoms with van der Waals surface area (Å²) >= 11 is 1.42. The van der Waals surface area contributed by atoms with Crippen molar-refractivity contribution >= 4 is 22.8 Å². The van der Waals surface area contributed by atoms with E-state index in [1.165, 1.54) is 11.3 Å². The fourth-order valence-electron chi connectivity index (χ4n) is 1.53. The first kappa shape index (κ1) is 11.7. The van der Waals surface area contributed by atoms with Crippen LogP contribution in [0.1, 0.15) is 22.2 Å². The molecule has 0 radical (unpaired) electrons. The minimum absolute atomic E-state index is 0.00486. The Hall–Kier alpha value is -1.81. The lowest BCUT2D eigenvalue weighted by Crippen LogP contribution is -2.02. The van der Waals surface area contributed by atoms with Crippen LogP contribution in [0.15, 0.2) is 35.7 Å². The molecule has 0 unspecified atom stereocenters. The minimum atomic E-state index is -0.00486. The number of carbonyl (C=O) groups excluding carboxylic acids is 1. The van der Waals surface area contributed by atoms with Gasteiger partial charge in [-0.1, -0.05) is 6.07 Å². The maximum absolute atomic E-state index is 12.0. The van der Waals surface area contributed by atoms with Gasteiger partial charge in [-0.3, -0.25) is 4.79 Å². The summed E-state index contributed by atoms with van der Waals surface area (Å²) in [4.78, 5) is 12.8. The highest BCUT2D eigenvalue weighted by Crippen LogP contribution is 2.24. The molecule has 2 aromatic rings. The molecule has 0 atom stereocenters. The fraction of sp³-hybridized carbons (Fsp3) is 0.154. The Balaban J connectivity index is 2.29. The van der Waals surface area contributed by atoms with E-state index < -0.39 is 0 Å². The van der Waals surface area contributed by atoms with E-state index in [1.54, 1.807) is 24.3 Å². The van der Waals surface area contributed by atoms with E-state index in [4.69, 9.17) is 10.5 Å². The molecule has 0 aliphatic heterocycles. The number of nitrogens with two attached hydrogens (primary N) is 1. The molecule has 17 heavy (non-hydrogen) atoms. The molecule has 0 saturated carbocycles. The molecule has 0 aliphatic carbocycles. The highest BCUT2D eigenvalue weighted by atomic mass is 32.1. The van der Waals surface area contributed by atoms with Gasteiger partial charge in [0.25, 0.3) is 0 Å². The second kappa shape index (κ2) is 5.01. The summed E-state index contributed by atoms with van der Waals surface area (Å²) in [6.45, 7) is 2.45. The molecule has 88 valence electrons. The van der Waals surface area contributed by atoms with Crippen molar-refractivity contribution in [1.29, 1.82) is 0 Å². The smallest absolute Gasteiger partial charge is 0.203 e. The van der Waals surface area contributed by atoms with Crippen LogP contribution in [0.25, 0.3) is 0 Å². The van der Waals surface area contributed by atoms with Crippen LogP contribution in [0.5, 0.6) is 5.75 Å². The molecule has 3 nitrogen and oxygen atoms in total. The third-order valence-electron chi connectivity index (χ3n) is 2.32. The number of ketones is 1. The van der Waals surface area contributed by atoms with Crippen molar-refractivity contribution in [2.45, 2.75) is 6.92 Å². The largest absolute Gasteiger partial charge is 0.492 e. The quantitative estimate of drug-likeness (QED) is 0.667. The van der Waals surface area contributed by atoms with E-state index >= 15 is 0 Å². The SMILES string of the molecule is CCOc1ccc(C(=O)c2cccs2)cc1N. The summed E-state index contributed by atoms with van der Waals surface area (Å²) in [6.07, 6.45) is 0. The molecule has 0 spiro atoms. The van der Waals surface area contributed by atoms with Crippen molar-refractivity contribution in [3.63, 3.8) is 0 Å². The lowest BCUT2D eigenvalue weighted by molar-refractivity contribution is 0.104. The molecule has 4 heteroatoms. The molecule has 1 aromatic heterocycles. The number of benzene rings is 1. The van der Waals surface area contributed by atoms with Crippen molar-refractivity contribution < 1.29 is 9.53 Å². The summed E-state index contributed by atoms with van der Waals surface area (Å²) in [5.41, 5.74) is 6.91. The molecule has 0 aliphatic rings. The number of rotatable bonds is 4. The summed E-state index contributed by atoms with van der Waals surface area (Å²) in [5, 5.41) is 1.88. The highest BCUT2D eigenvalue weighted by Gasteiger charge is 2.11. The predicted molar refractivity (Wildman–Crippen MR) is 69.8 cm³/mol. The Morgan fingerprint density at radius 3 is 2.82 bits per heavy atom. The number of ether oxygens (including phenoxy) is 1.